The molecule has 29 heavy (non-hydrogen) atoms. The number of hydrogen-bond donors (Lipinski definition) is 3. The number of carbonyl (C=O) groups is 2. The number of benzene rings is 1. The monoisotopic (exact) mass is 437 g/mol. The Balaban J connectivity index is 0.00000139. The van der Waals surface area contributed by atoms with Gasteiger partial charge in [0.1, 0.15) is 17.3 Å². The average molecular weight is 438 g/mol. The molecule has 0 aliphatic rings. The maximum Gasteiger partial charge on any atom is 0.394 e. The largest absolute Gasteiger partial charge is 0.394 e. The number of Topliss-reactive ketones (excluding diaryl/α,β-unsaturated/α-hetero) is 1. The molecular formula is C19H29F2NO6S. The van der Waals surface area contributed by atoms with Crippen LogP contribution in [0.15, 0.2) is 12.1 Å². The molecule has 7 nitrogen and oxygen atoms in total. The Hall–Kier alpha value is -1.91. The highest BCUT2D eigenvalue weighted by molar-refractivity contribution is 7.79. The Morgan fingerprint density at radius 3 is 1.90 bits per heavy atom. The van der Waals surface area contributed by atoms with E-state index < -0.39 is 39.0 Å². The molecular weight excluding hydrogens is 408 g/mol. The summed E-state index contributed by atoms with van der Waals surface area (Å²) in [6, 6.07) is 2.02. The first-order valence-corrected chi connectivity index (χ1v) is 10.6. The third-order valence-electron chi connectivity index (χ3n) is 4.02. The van der Waals surface area contributed by atoms with E-state index in [0.29, 0.717) is 12.8 Å². The number of ketones is 1. The normalized spacial score (nSPS) is 12.6. The lowest BCUT2D eigenvalue weighted by atomic mass is 9.90. The van der Waals surface area contributed by atoms with Gasteiger partial charge in [-0.05, 0) is 25.0 Å². The molecule has 166 valence electrons. The van der Waals surface area contributed by atoms with Gasteiger partial charge in [0.15, 0.2) is 5.78 Å². The first kappa shape index (κ1) is 27.1. The van der Waals surface area contributed by atoms with Crippen LogP contribution in [0.1, 0.15) is 70.7 Å². The van der Waals surface area contributed by atoms with Crippen molar-refractivity contribution in [3.63, 3.8) is 0 Å². The molecule has 0 radical (unpaired) electrons. The van der Waals surface area contributed by atoms with E-state index >= 15 is 0 Å². The quantitative estimate of drug-likeness (QED) is 0.420. The summed E-state index contributed by atoms with van der Waals surface area (Å²) in [6.45, 7) is 8.87. The van der Waals surface area contributed by atoms with Gasteiger partial charge in [-0.25, -0.2) is 8.78 Å². The summed E-state index contributed by atoms with van der Waals surface area (Å²) in [7, 11) is -4.67. The molecule has 0 saturated carbocycles. The molecule has 1 aromatic rings. The minimum Gasteiger partial charge on any atom is -0.321 e. The fraction of sp³-hybridized carbons (Fsp3) is 0.579. The number of amides is 1. The van der Waals surface area contributed by atoms with Crippen LogP contribution in [0.5, 0.6) is 0 Å². The molecule has 1 rings (SSSR count). The highest BCUT2D eigenvalue weighted by atomic mass is 32.3. The van der Waals surface area contributed by atoms with Gasteiger partial charge in [0.2, 0.25) is 5.91 Å². The zero-order valence-corrected chi connectivity index (χ0v) is 18.1. The molecule has 1 amide bonds. The van der Waals surface area contributed by atoms with Gasteiger partial charge >= 0.3 is 10.4 Å². The fourth-order valence-electron chi connectivity index (χ4n) is 2.34. The van der Waals surface area contributed by atoms with E-state index in [9.17, 15) is 18.4 Å². The van der Waals surface area contributed by atoms with E-state index in [1.807, 2.05) is 13.8 Å². The average Bonchev–Trinajstić information content (AvgIpc) is 2.55. The lowest BCUT2D eigenvalue weighted by Crippen LogP contribution is -2.28. The Kier molecular flexibility index (Phi) is 10.6. The van der Waals surface area contributed by atoms with E-state index in [1.165, 1.54) is 0 Å². The van der Waals surface area contributed by atoms with Crippen LogP contribution < -0.4 is 5.32 Å². The van der Waals surface area contributed by atoms with Crippen molar-refractivity contribution in [3.8, 4) is 0 Å². The summed E-state index contributed by atoms with van der Waals surface area (Å²) in [5, 5.41) is 2.26. The number of nitrogens with one attached hydrogen (secondary N) is 1. The SMILES string of the molecule is CCCCC(CC)C(=O)c1cc(F)c(NC(=O)C(C)(C)C)c(F)c1.O=S(=O)(O)O. The van der Waals surface area contributed by atoms with E-state index in [1.54, 1.807) is 20.8 Å². The number of rotatable bonds is 7. The van der Waals surface area contributed by atoms with Crippen molar-refractivity contribution >= 4 is 27.8 Å². The maximum atomic E-state index is 14.2. The van der Waals surface area contributed by atoms with Crippen LogP contribution >= 0.6 is 0 Å². The topological polar surface area (TPSA) is 121 Å². The number of halogens is 2. The standard InChI is InChI=1S/C19H27F2NO2.H2O4S/c1-6-8-9-12(7-2)17(23)13-10-14(20)16(15(21)11-13)22-18(24)19(3,4)5;1-5(2,3)4/h10-12H,6-9H2,1-5H3,(H,22,24);(H2,1,2,3,4). The second kappa shape index (κ2) is 11.3. The van der Waals surface area contributed by atoms with Crippen molar-refractivity contribution in [2.24, 2.45) is 11.3 Å². The first-order chi connectivity index (χ1) is 13.1. The third-order valence-corrected chi connectivity index (χ3v) is 4.02. The van der Waals surface area contributed by atoms with Crippen molar-refractivity contribution < 1.29 is 35.9 Å². The maximum absolute atomic E-state index is 14.2. The zero-order chi connectivity index (χ0) is 23.0. The molecule has 0 bridgehead atoms. The van der Waals surface area contributed by atoms with Gasteiger partial charge in [-0.15, -0.1) is 0 Å². The smallest absolute Gasteiger partial charge is 0.321 e. The van der Waals surface area contributed by atoms with Gasteiger partial charge in [-0.3, -0.25) is 18.7 Å². The van der Waals surface area contributed by atoms with Crippen molar-refractivity contribution in [1.82, 2.24) is 0 Å². The Bertz CT molecular complexity index is 787. The van der Waals surface area contributed by atoms with E-state index in [0.717, 1.165) is 25.0 Å². The van der Waals surface area contributed by atoms with Crippen LogP contribution in [0.2, 0.25) is 0 Å². The molecule has 0 aliphatic heterocycles. The van der Waals surface area contributed by atoms with Crippen LogP contribution in [0.25, 0.3) is 0 Å². The van der Waals surface area contributed by atoms with Gasteiger partial charge in [0.25, 0.3) is 0 Å². The van der Waals surface area contributed by atoms with Crippen molar-refractivity contribution in [2.75, 3.05) is 5.32 Å². The van der Waals surface area contributed by atoms with Crippen LogP contribution in [0.4, 0.5) is 14.5 Å². The summed E-state index contributed by atoms with van der Waals surface area (Å²) < 4.78 is 60.0. The number of carbonyl (C=O) groups excluding carboxylic acids is 2. The minimum absolute atomic E-state index is 0.0155. The highest BCUT2D eigenvalue weighted by Crippen LogP contribution is 2.26. The summed E-state index contributed by atoms with van der Waals surface area (Å²) in [4.78, 5) is 24.4. The molecule has 0 saturated heterocycles. The molecule has 1 atom stereocenters. The number of hydrogen-bond acceptors (Lipinski definition) is 4. The molecule has 10 heteroatoms. The predicted octanol–water partition coefficient (Wildman–Crippen LogP) is 4.70. The Morgan fingerprint density at radius 2 is 1.55 bits per heavy atom. The molecule has 1 unspecified atom stereocenters. The molecule has 0 fully saturated rings. The summed E-state index contributed by atoms with van der Waals surface area (Å²) in [5.41, 5.74) is -1.27. The molecule has 0 aliphatic carbocycles. The van der Waals surface area contributed by atoms with Gasteiger partial charge in [-0.1, -0.05) is 47.5 Å². The molecule has 1 aromatic carbocycles. The third kappa shape index (κ3) is 10.4. The predicted molar refractivity (Wildman–Crippen MR) is 106 cm³/mol. The number of unbranched alkanes of at least 4 members (excludes halogenated alkanes) is 1. The lowest BCUT2D eigenvalue weighted by molar-refractivity contribution is -0.123. The van der Waals surface area contributed by atoms with Gasteiger partial charge < -0.3 is 5.32 Å². The van der Waals surface area contributed by atoms with E-state index in [2.05, 4.69) is 5.32 Å². The second-order valence-electron chi connectivity index (χ2n) is 7.58. The Morgan fingerprint density at radius 1 is 1.10 bits per heavy atom. The van der Waals surface area contributed by atoms with Crippen LogP contribution in [-0.2, 0) is 15.2 Å². The molecule has 0 heterocycles. The fourth-order valence-corrected chi connectivity index (χ4v) is 2.34. The summed E-state index contributed by atoms with van der Waals surface area (Å²) >= 11 is 0. The summed E-state index contributed by atoms with van der Waals surface area (Å²) in [5.74, 6) is -2.84. The van der Waals surface area contributed by atoms with E-state index in [4.69, 9.17) is 17.5 Å². The molecule has 0 aromatic heterocycles. The summed E-state index contributed by atoms with van der Waals surface area (Å²) in [6.07, 6.45) is 3.20. The first-order valence-electron chi connectivity index (χ1n) is 9.16. The van der Waals surface area contributed by atoms with Crippen molar-refractivity contribution in [3.05, 3.63) is 29.3 Å². The van der Waals surface area contributed by atoms with Gasteiger partial charge in [-0.2, -0.15) is 8.42 Å². The van der Waals surface area contributed by atoms with Crippen molar-refractivity contribution in [1.29, 1.82) is 0 Å². The van der Waals surface area contributed by atoms with Crippen LogP contribution in [-0.4, -0.2) is 29.2 Å². The number of anilines is 1. The minimum atomic E-state index is -4.67. The zero-order valence-electron chi connectivity index (χ0n) is 17.3. The molecule has 0 spiro atoms. The van der Waals surface area contributed by atoms with Crippen molar-refractivity contribution in [2.45, 2.75) is 60.3 Å². The van der Waals surface area contributed by atoms with Gasteiger partial charge in [0.05, 0.1) is 0 Å². The Labute approximate surface area is 170 Å². The van der Waals surface area contributed by atoms with Gasteiger partial charge in [0, 0.05) is 16.9 Å². The highest BCUT2D eigenvalue weighted by Gasteiger charge is 2.26. The van der Waals surface area contributed by atoms with E-state index in [-0.39, 0.29) is 17.3 Å². The second-order valence-corrected chi connectivity index (χ2v) is 8.47. The van der Waals surface area contributed by atoms with Crippen LogP contribution in [0, 0.1) is 23.0 Å². The lowest BCUT2D eigenvalue weighted by Gasteiger charge is -2.19. The van der Waals surface area contributed by atoms with Crippen LogP contribution in [0.3, 0.4) is 0 Å². The molecule has 3 N–H and O–H groups in total.